The van der Waals surface area contributed by atoms with Crippen molar-refractivity contribution in [2.24, 2.45) is 0 Å². The van der Waals surface area contributed by atoms with E-state index in [1.807, 2.05) is 13.8 Å². The van der Waals surface area contributed by atoms with Crippen LogP contribution in [0.15, 0.2) is 10.6 Å². The summed E-state index contributed by atoms with van der Waals surface area (Å²) in [6.07, 6.45) is 0. The van der Waals surface area contributed by atoms with Gasteiger partial charge in [0.2, 0.25) is 0 Å². The van der Waals surface area contributed by atoms with E-state index >= 15 is 0 Å². The minimum Gasteiger partial charge on any atom is -0.477 e. The molecule has 2 aromatic heterocycles. The van der Waals surface area contributed by atoms with Crippen molar-refractivity contribution in [2.75, 3.05) is 0 Å². The van der Waals surface area contributed by atoms with E-state index in [2.05, 4.69) is 15.5 Å². The third kappa shape index (κ3) is 3.33. The highest BCUT2D eigenvalue weighted by Gasteiger charge is 2.21. The van der Waals surface area contributed by atoms with Crippen LogP contribution in [0.2, 0.25) is 0 Å². The van der Waals surface area contributed by atoms with Crippen LogP contribution >= 0.6 is 11.3 Å². The molecular formula is C14H17N3O4S. The number of nitrogens with zero attached hydrogens (tertiary/aromatic N) is 2. The van der Waals surface area contributed by atoms with Crippen LogP contribution < -0.4 is 5.32 Å². The van der Waals surface area contributed by atoms with Crippen LogP contribution in [0.25, 0.3) is 0 Å². The first-order chi connectivity index (χ1) is 10.3. The van der Waals surface area contributed by atoms with Crippen molar-refractivity contribution in [3.8, 4) is 0 Å². The summed E-state index contributed by atoms with van der Waals surface area (Å²) in [7, 11) is 0. The van der Waals surface area contributed by atoms with E-state index in [0.717, 1.165) is 11.3 Å². The number of thiazole rings is 1. The number of carboxylic acids is 1. The van der Waals surface area contributed by atoms with Gasteiger partial charge in [-0.25, -0.2) is 9.78 Å². The number of nitrogens with one attached hydrogen (secondary N) is 1. The molecular weight excluding hydrogens is 306 g/mol. The molecule has 2 heterocycles. The van der Waals surface area contributed by atoms with E-state index in [1.54, 1.807) is 19.9 Å². The Morgan fingerprint density at radius 2 is 2.05 bits per heavy atom. The molecule has 2 N–H and O–H groups in total. The number of aromatic carboxylic acids is 1. The Morgan fingerprint density at radius 1 is 1.36 bits per heavy atom. The van der Waals surface area contributed by atoms with Crippen LogP contribution in [0.5, 0.6) is 0 Å². The maximum absolute atomic E-state index is 12.1. The van der Waals surface area contributed by atoms with E-state index < -0.39 is 12.0 Å². The maximum Gasteiger partial charge on any atom is 0.347 e. The van der Waals surface area contributed by atoms with E-state index in [-0.39, 0.29) is 22.4 Å². The molecule has 0 bridgehead atoms. The lowest BCUT2D eigenvalue weighted by Gasteiger charge is -2.09. The van der Waals surface area contributed by atoms with E-state index in [0.29, 0.717) is 16.5 Å². The summed E-state index contributed by atoms with van der Waals surface area (Å²) in [6, 6.07) is 1.19. The molecule has 0 saturated heterocycles. The van der Waals surface area contributed by atoms with Crippen LogP contribution in [0, 0.1) is 6.92 Å². The normalized spacial score (nSPS) is 12.4. The van der Waals surface area contributed by atoms with Crippen LogP contribution in [0.4, 0.5) is 0 Å². The first-order valence-corrected chi connectivity index (χ1v) is 7.59. The maximum atomic E-state index is 12.1. The van der Waals surface area contributed by atoms with Gasteiger partial charge in [-0.1, -0.05) is 19.0 Å². The number of rotatable bonds is 5. The van der Waals surface area contributed by atoms with Gasteiger partial charge in [0.25, 0.3) is 5.91 Å². The number of amides is 1. The summed E-state index contributed by atoms with van der Waals surface area (Å²) < 4.78 is 5.09. The summed E-state index contributed by atoms with van der Waals surface area (Å²) >= 11 is 1.05. The highest BCUT2D eigenvalue weighted by Crippen LogP contribution is 2.24. The van der Waals surface area contributed by atoms with Crippen LogP contribution in [0.3, 0.4) is 0 Å². The van der Waals surface area contributed by atoms with E-state index in [1.165, 1.54) is 0 Å². The lowest BCUT2D eigenvalue weighted by atomic mass is 10.1. The molecule has 0 aliphatic heterocycles. The van der Waals surface area contributed by atoms with Crippen molar-refractivity contribution in [2.45, 2.75) is 39.7 Å². The summed E-state index contributed by atoms with van der Waals surface area (Å²) in [5.74, 6) is -0.618. The Kier molecular flexibility index (Phi) is 4.60. The minimum atomic E-state index is -1.02. The number of carboxylic acid groups (broad SMARTS) is 1. The van der Waals surface area contributed by atoms with Gasteiger partial charge in [-0.3, -0.25) is 4.79 Å². The first kappa shape index (κ1) is 16.2. The monoisotopic (exact) mass is 323 g/mol. The number of hydrogen-bond acceptors (Lipinski definition) is 6. The van der Waals surface area contributed by atoms with Crippen molar-refractivity contribution in [1.82, 2.24) is 15.5 Å². The van der Waals surface area contributed by atoms with Gasteiger partial charge in [0.15, 0.2) is 5.69 Å². The predicted molar refractivity (Wildman–Crippen MR) is 80.3 cm³/mol. The molecule has 2 rings (SSSR count). The fraction of sp³-hybridized carbons (Fsp3) is 0.429. The summed E-state index contributed by atoms with van der Waals surface area (Å²) in [6.45, 7) is 7.25. The number of aromatic nitrogens is 2. The van der Waals surface area contributed by atoms with Crippen molar-refractivity contribution >= 4 is 23.2 Å². The quantitative estimate of drug-likeness (QED) is 0.876. The van der Waals surface area contributed by atoms with Gasteiger partial charge in [0.05, 0.1) is 11.7 Å². The third-order valence-electron chi connectivity index (χ3n) is 3.06. The molecule has 1 amide bonds. The van der Waals surface area contributed by atoms with Crippen LogP contribution in [-0.2, 0) is 0 Å². The van der Waals surface area contributed by atoms with Crippen LogP contribution in [-0.4, -0.2) is 27.1 Å². The van der Waals surface area contributed by atoms with Gasteiger partial charge < -0.3 is 14.9 Å². The molecule has 1 unspecified atom stereocenters. The van der Waals surface area contributed by atoms with Gasteiger partial charge in [0.1, 0.15) is 15.6 Å². The summed E-state index contributed by atoms with van der Waals surface area (Å²) in [5.41, 5.74) is 0.638. The highest BCUT2D eigenvalue weighted by molar-refractivity contribution is 7.13. The predicted octanol–water partition coefficient (Wildman–Crippen LogP) is 2.75. The standard InChI is InChI=1S/C14H17N3O4S/c1-6(2)10-5-9(17-21-10)12(18)15-8(4)13-16-7(3)11(22-13)14(19)20/h5-6,8H,1-4H3,(H,15,18)(H,19,20). The molecule has 118 valence electrons. The molecule has 7 nitrogen and oxygen atoms in total. The molecule has 0 aliphatic rings. The van der Waals surface area contributed by atoms with Gasteiger partial charge in [-0.2, -0.15) is 0 Å². The average molecular weight is 323 g/mol. The fourth-order valence-electron chi connectivity index (χ4n) is 1.80. The Labute approximate surface area is 131 Å². The number of hydrogen-bond donors (Lipinski definition) is 2. The third-order valence-corrected chi connectivity index (χ3v) is 4.38. The molecule has 0 aromatic carbocycles. The SMILES string of the molecule is Cc1nc(C(C)NC(=O)c2cc(C(C)C)on2)sc1C(=O)O. The molecule has 0 aliphatic carbocycles. The number of aryl methyl sites for hydroxylation is 1. The molecule has 8 heteroatoms. The largest absolute Gasteiger partial charge is 0.477 e. The van der Waals surface area contributed by atoms with Crippen molar-refractivity contribution < 1.29 is 19.2 Å². The average Bonchev–Trinajstić information content (AvgIpc) is 3.04. The van der Waals surface area contributed by atoms with E-state index in [4.69, 9.17) is 9.63 Å². The van der Waals surface area contributed by atoms with Gasteiger partial charge in [-0.15, -0.1) is 11.3 Å². The van der Waals surface area contributed by atoms with Gasteiger partial charge in [-0.05, 0) is 13.8 Å². The molecule has 1 atom stereocenters. The Balaban J connectivity index is 2.10. The Bertz CT molecular complexity index is 705. The second-order valence-electron chi connectivity index (χ2n) is 5.24. The zero-order valence-electron chi connectivity index (χ0n) is 12.7. The topological polar surface area (TPSA) is 105 Å². The van der Waals surface area contributed by atoms with Gasteiger partial charge in [0, 0.05) is 12.0 Å². The second-order valence-corrected chi connectivity index (χ2v) is 6.27. The van der Waals surface area contributed by atoms with Crippen molar-refractivity contribution in [1.29, 1.82) is 0 Å². The molecule has 0 saturated carbocycles. The van der Waals surface area contributed by atoms with Crippen LogP contribution in [0.1, 0.15) is 69.4 Å². The summed E-state index contributed by atoms with van der Waals surface area (Å²) in [4.78, 5) is 27.5. The number of carbonyl (C=O) groups is 2. The molecule has 22 heavy (non-hydrogen) atoms. The molecule has 0 spiro atoms. The Morgan fingerprint density at radius 3 is 2.55 bits per heavy atom. The second kappa shape index (κ2) is 6.27. The highest BCUT2D eigenvalue weighted by atomic mass is 32.1. The lowest BCUT2D eigenvalue weighted by Crippen LogP contribution is -2.26. The first-order valence-electron chi connectivity index (χ1n) is 6.77. The Hall–Kier alpha value is -2.22. The van der Waals surface area contributed by atoms with E-state index in [9.17, 15) is 9.59 Å². The minimum absolute atomic E-state index is 0.145. The van der Waals surface area contributed by atoms with Crippen molar-refractivity contribution in [3.05, 3.63) is 33.1 Å². The smallest absolute Gasteiger partial charge is 0.347 e. The lowest BCUT2D eigenvalue weighted by molar-refractivity contribution is 0.0700. The van der Waals surface area contributed by atoms with Gasteiger partial charge >= 0.3 is 5.97 Å². The zero-order chi connectivity index (χ0) is 16.4. The number of carbonyl (C=O) groups excluding carboxylic acids is 1. The molecule has 2 aromatic rings. The molecule has 0 radical (unpaired) electrons. The molecule has 0 fully saturated rings. The fourth-order valence-corrected chi connectivity index (χ4v) is 2.71. The summed E-state index contributed by atoms with van der Waals surface area (Å²) in [5, 5.41) is 16.0. The zero-order valence-corrected chi connectivity index (χ0v) is 13.5. The van der Waals surface area contributed by atoms with Crippen molar-refractivity contribution in [3.63, 3.8) is 0 Å².